The highest BCUT2D eigenvalue weighted by Gasteiger charge is 1.93. The molecule has 0 unspecified atom stereocenters. The highest BCUT2D eigenvalue weighted by Crippen LogP contribution is 2.05. The second-order valence-corrected chi connectivity index (χ2v) is 3.69. The SMILES string of the molecule is C=CC=NC(=C)C(C)C.CC.Cc1cccnc1. The number of hydrogen-bond donors (Lipinski definition) is 0. The van der Waals surface area contributed by atoms with Crippen LogP contribution in [0.15, 0.2) is 54.4 Å². The molecule has 0 aromatic carbocycles. The minimum atomic E-state index is 0.432. The van der Waals surface area contributed by atoms with E-state index in [2.05, 4.69) is 37.0 Å². The van der Waals surface area contributed by atoms with Gasteiger partial charge in [0.15, 0.2) is 0 Å². The van der Waals surface area contributed by atoms with E-state index >= 15 is 0 Å². The Morgan fingerprint density at radius 2 is 2.00 bits per heavy atom. The van der Waals surface area contributed by atoms with Crippen molar-refractivity contribution in [2.45, 2.75) is 34.6 Å². The Hall–Kier alpha value is -1.70. The Morgan fingerprint density at radius 3 is 2.28 bits per heavy atom. The van der Waals surface area contributed by atoms with Crippen molar-refractivity contribution in [2.24, 2.45) is 10.9 Å². The van der Waals surface area contributed by atoms with Gasteiger partial charge < -0.3 is 0 Å². The Labute approximate surface area is 112 Å². The molecule has 0 N–H and O–H groups in total. The van der Waals surface area contributed by atoms with Crippen molar-refractivity contribution in [1.82, 2.24) is 4.98 Å². The summed E-state index contributed by atoms with van der Waals surface area (Å²) in [6.45, 7) is 17.4. The predicted octanol–water partition coefficient (Wildman–Crippen LogP) is 4.83. The zero-order valence-corrected chi connectivity index (χ0v) is 12.4. The largest absolute Gasteiger partial charge is 0.264 e. The van der Waals surface area contributed by atoms with Gasteiger partial charge in [-0.2, -0.15) is 0 Å². The number of hydrogen-bond acceptors (Lipinski definition) is 2. The van der Waals surface area contributed by atoms with Crippen molar-refractivity contribution >= 4 is 6.21 Å². The molecule has 1 aromatic heterocycles. The molecule has 18 heavy (non-hydrogen) atoms. The van der Waals surface area contributed by atoms with Crippen LogP contribution in [0.25, 0.3) is 0 Å². The van der Waals surface area contributed by atoms with Gasteiger partial charge in [-0.25, -0.2) is 0 Å². The fourth-order valence-corrected chi connectivity index (χ4v) is 0.746. The van der Waals surface area contributed by atoms with Crippen molar-refractivity contribution < 1.29 is 0 Å². The molecule has 1 rings (SSSR count). The van der Waals surface area contributed by atoms with E-state index in [0.29, 0.717) is 5.92 Å². The van der Waals surface area contributed by atoms with E-state index in [1.54, 1.807) is 18.5 Å². The third kappa shape index (κ3) is 12.4. The molecule has 0 spiro atoms. The van der Waals surface area contributed by atoms with Crippen LogP contribution in [0.5, 0.6) is 0 Å². The van der Waals surface area contributed by atoms with E-state index < -0.39 is 0 Å². The predicted molar refractivity (Wildman–Crippen MR) is 83.0 cm³/mol. The molecule has 1 heterocycles. The molecule has 0 aliphatic rings. The fourth-order valence-electron chi connectivity index (χ4n) is 0.746. The number of rotatable bonds is 3. The Balaban J connectivity index is 0. The van der Waals surface area contributed by atoms with Crippen molar-refractivity contribution in [2.75, 3.05) is 0 Å². The standard InChI is InChI=1S/C8H13N.C6H7N.C2H6/c1-5-6-9-8(4)7(2)3;1-6-3-2-4-7-5-6;1-2/h5-7H,1,4H2,2-3H3;2-5H,1H3;1-2H3. The molecule has 0 aliphatic heterocycles. The van der Waals surface area contributed by atoms with Crippen molar-refractivity contribution in [3.05, 3.63) is 55.0 Å². The summed E-state index contributed by atoms with van der Waals surface area (Å²) in [4.78, 5) is 7.89. The van der Waals surface area contributed by atoms with E-state index in [1.807, 2.05) is 39.1 Å². The van der Waals surface area contributed by atoms with Gasteiger partial charge in [0, 0.05) is 24.3 Å². The van der Waals surface area contributed by atoms with Gasteiger partial charge in [0.05, 0.1) is 0 Å². The van der Waals surface area contributed by atoms with Crippen LogP contribution in [-0.2, 0) is 0 Å². The molecule has 0 amide bonds. The number of aromatic nitrogens is 1. The lowest BCUT2D eigenvalue weighted by atomic mass is 10.2. The monoisotopic (exact) mass is 246 g/mol. The smallest absolute Gasteiger partial charge is 0.0357 e. The number of aryl methyl sites for hydroxylation is 1. The second kappa shape index (κ2) is 13.4. The number of nitrogens with zero attached hydrogens (tertiary/aromatic N) is 2. The third-order valence-electron chi connectivity index (χ3n) is 1.82. The Kier molecular flexibility index (Phi) is 13.9. The maximum atomic E-state index is 4.00. The molecule has 0 atom stereocenters. The zero-order chi connectivity index (χ0) is 14.4. The van der Waals surface area contributed by atoms with E-state index in [0.717, 1.165) is 5.70 Å². The van der Waals surface area contributed by atoms with Crippen molar-refractivity contribution in [3.63, 3.8) is 0 Å². The first kappa shape index (κ1) is 18.7. The molecule has 2 heteroatoms. The summed E-state index contributed by atoms with van der Waals surface area (Å²) in [5.74, 6) is 0.432. The van der Waals surface area contributed by atoms with Gasteiger partial charge in [0.25, 0.3) is 0 Å². The number of allylic oxidation sites excluding steroid dienone is 2. The molecule has 0 saturated heterocycles. The van der Waals surface area contributed by atoms with Gasteiger partial charge in [0.1, 0.15) is 0 Å². The Bertz CT molecular complexity index is 337. The summed E-state index contributed by atoms with van der Waals surface area (Å²) < 4.78 is 0. The minimum Gasteiger partial charge on any atom is -0.264 e. The average molecular weight is 246 g/mol. The van der Waals surface area contributed by atoms with Crippen LogP contribution in [0.3, 0.4) is 0 Å². The number of aliphatic imine (C=N–C) groups is 1. The highest BCUT2D eigenvalue weighted by molar-refractivity contribution is 5.71. The molecule has 0 saturated carbocycles. The van der Waals surface area contributed by atoms with E-state index in [-0.39, 0.29) is 0 Å². The van der Waals surface area contributed by atoms with Gasteiger partial charge in [-0.15, -0.1) is 0 Å². The van der Waals surface area contributed by atoms with Crippen LogP contribution in [0.2, 0.25) is 0 Å². The van der Waals surface area contributed by atoms with Crippen LogP contribution in [0, 0.1) is 12.8 Å². The molecule has 1 aromatic rings. The third-order valence-corrected chi connectivity index (χ3v) is 1.82. The average Bonchev–Trinajstić information content (AvgIpc) is 2.39. The first-order valence-corrected chi connectivity index (χ1v) is 6.28. The van der Waals surface area contributed by atoms with Crippen molar-refractivity contribution in [1.29, 1.82) is 0 Å². The Morgan fingerprint density at radius 1 is 1.39 bits per heavy atom. The summed E-state index contributed by atoms with van der Waals surface area (Å²) in [6, 6.07) is 3.95. The van der Waals surface area contributed by atoms with E-state index in [9.17, 15) is 0 Å². The van der Waals surface area contributed by atoms with Crippen LogP contribution in [0.4, 0.5) is 0 Å². The molecule has 2 nitrogen and oxygen atoms in total. The zero-order valence-electron chi connectivity index (χ0n) is 12.4. The minimum absolute atomic E-state index is 0.432. The lowest BCUT2D eigenvalue weighted by molar-refractivity contribution is 0.763. The van der Waals surface area contributed by atoms with E-state index in [4.69, 9.17) is 0 Å². The maximum absolute atomic E-state index is 4.00. The summed E-state index contributed by atoms with van der Waals surface area (Å²) in [5, 5.41) is 0. The number of pyridine rings is 1. The van der Waals surface area contributed by atoms with Gasteiger partial charge in [-0.05, 0) is 24.5 Å². The quantitative estimate of drug-likeness (QED) is 0.701. The lowest BCUT2D eigenvalue weighted by Gasteiger charge is -1.99. The van der Waals surface area contributed by atoms with E-state index in [1.165, 1.54) is 5.56 Å². The van der Waals surface area contributed by atoms with Gasteiger partial charge in [-0.1, -0.05) is 53.0 Å². The van der Waals surface area contributed by atoms with Crippen LogP contribution < -0.4 is 0 Å². The molecular weight excluding hydrogens is 220 g/mol. The van der Waals surface area contributed by atoms with Gasteiger partial charge in [-0.3, -0.25) is 9.98 Å². The summed E-state index contributed by atoms with van der Waals surface area (Å²) in [5.41, 5.74) is 2.11. The lowest BCUT2D eigenvalue weighted by Crippen LogP contribution is -1.87. The van der Waals surface area contributed by atoms with Gasteiger partial charge >= 0.3 is 0 Å². The van der Waals surface area contributed by atoms with Crippen LogP contribution in [-0.4, -0.2) is 11.2 Å². The summed E-state index contributed by atoms with van der Waals surface area (Å²) in [6.07, 6.45) is 6.91. The molecule has 0 aliphatic carbocycles. The van der Waals surface area contributed by atoms with Gasteiger partial charge in [0.2, 0.25) is 0 Å². The topological polar surface area (TPSA) is 25.2 Å². The molecule has 100 valence electrons. The first-order chi connectivity index (χ1) is 8.57. The highest BCUT2D eigenvalue weighted by atomic mass is 14.7. The first-order valence-electron chi connectivity index (χ1n) is 6.28. The van der Waals surface area contributed by atoms with Crippen LogP contribution in [0.1, 0.15) is 33.3 Å². The van der Waals surface area contributed by atoms with Crippen molar-refractivity contribution in [3.8, 4) is 0 Å². The summed E-state index contributed by atoms with van der Waals surface area (Å²) >= 11 is 0. The normalized spacial score (nSPS) is 9.00. The van der Waals surface area contributed by atoms with Crippen LogP contribution >= 0.6 is 0 Å². The molecule has 0 radical (unpaired) electrons. The molecule has 0 bridgehead atoms. The fraction of sp³-hybridized carbons (Fsp3) is 0.375. The summed E-state index contributed by atoms with van der Waals surface area (Å²) in [7, 11) is 0. The second-order valence-electron chi connectivity index (χ2n) is 3.69. The maximum Gasteiger partial charge on any atom is 0.0357 e. The molecule has 0 fully saturated rings. The molecular formula is C16H26N2.